The summed E-state index contributed by atoms with van der Waals surface area (Å²) >= 11 is 0. The van der Waals surface area contributed by atoms with E-state index < -0.39 is 5.97 Å². The SMILES string of the molecule is CCOC(/C=C\CCCCCCOC(=O)CC(C)=O)OCC. The minimum atomic E-state index is -0.423. The van der Waals surface area contributed by atoms with Crippen LogP contribution in [0.1, 0.15) is 59.3 Å². The third-order valence-electron chi connectivity index (χ3n) is 2.88. The van der Waals surface area contributed by atoms with Gasteiger partial charge in [-0.2, -0.15) is 0 Å². The van der Waals surface area contributed by atoms with Gasteiger partial charge < -0.3 is 14.2 Å². The Labute approximate surface area is 134 Å². The van der Waals surface area contributed by atoms with E-state index in [2.05, 4.69) is 6.08 Å². The highest BCUT2D eigenvalue weighted by atomic mass is 16.7. The number of rotatable bonds is 14. The predicted molar refractivity (Wildman–Crippen MR) is 85.5 cm³/mol. The Hall–Kier alpha value is -1.20. The van der Waals surface area contributed by atoms with Gasteiger partial charge in [0.1, 0.15) is 12.2 Å². The molecule has 0 atom stereocenters. The van der Waals surface area contributed by atoms with Gasteiger partial charge in [-0.15, -0.1) is 0 Å². The Morgan fingerprint density at radius 1 is 1.00 bits per heavy atom. The second kappa shape index (κ2) is 14.7. The largest absolute Gasteiger partial charge is 0.465 e. The van der Waals surface area contributed by atoms with E-state index in [1.807, 2.05) is 19.9 Å². The maximum absolute atomic E-state index is 11.1. The van der Waals surface area contributed by atoms with Crippen molar-refractivity contribution >= 4 is 11.8 Å². The molecule has 128 valence electrons. The molecule has 0 saturated carbocycles. The minimum Gasteiger partial charge on any atom is -0.465 e. The topological polar surface area (TPSA) is 61.8 Å². The summed E-state index contributed by atoms with van der Waals surface area (Å²) in [7, 11) is 0. The van der Waals surface area contributed by atoms with Crippen molar-refractivity contribution in [1.82, 2.24) is 0 Å². The van der Waals surface area contributed by atoms with Crippen molar-refractivity contribution in [1.29, 1.82) is 0 Å². The minimum absolute atomic E-state index is 0.119. The Bertz CT molecular complexity index is 319. The molecule has 0 aromatic rings. The molecule has 0 aliphatic heterocycles. The lowest BCUT2D eigenvalue weighted by Crippen LogP contribution is -2.14. The van der Waals surface area contributed by atoms with E-state index in [1.165, 1.54) is 6.92 Å². The van der Waals surface area contributed by atoms with Crippen LogP contribution in [0.5, 0.6) is 0 Å². The van der Waals surface area contributed by atoms with E-state index in [0.29, 0.717) is 19.8 Å². The van der Waals surface area contributed by atoms with E-state index in [4.69, 9.17) is 14.2 Å². The first-order chi connectivity index (χ1) is 10.6. The first-order valence-electron chi connectivity index (χ1n) is 8.15. The molecule has 0 heterocycles. The summed E-state index contributed by atoms with van der Waals surface area (Å²) in [6.45, 7) is 6.95. The summed E-state index contributed by atoms with van der Waals surface area (Å²) < 4.78 is 15.8. The van der Waals surface area contributed by atoms with Crippen LogP contribution in [0.4, 0.5) is 0 Å². The Morgan fingerprint density at radius 2 is 1.64 bits per heavy atom. The highest BCUT2D eigenvalue weighted by Crippen LogP contribution is 2.06. The molecule has 0 aromatic heterocycles. The van der Waals surface area contributed by atoms with Crippen molar-refractivity contribution in [2.45, 2.75) is 65.6 Å². The van der Waals surface area contributed by atoms with Crippen molar-refractivity contribution in [2.75, 3.05) is 19.8 Å². The van der Waals surface area contributed by atoms with Crippen LogP contribution in [0.2, 0.25) is 0 Å². The van der Waals surface area contributed by atoms with Gasteiger partial charge in [-0.1, -0.05) is 18.9 Å². The number of Topliss-reactive ketones (excluding diaryl/α,β-unsaturated/α-hetero) is 1. The fraction of sp³-hybridized carbons (Fsp3) is 0.765. The fourth-order valence-corrected chi connectivity index (χ4v) is 1.85. The molecule has 0 amide bonds. The molecular formula is C17H30O5. The molecule has 0 saturated heterocycles. The molecule has 0 aromatic carbocycles. The molecule has 5 heteroatoms. The van der Waals surface area contributed by atoms with Crippen LogP contribution in [0.15, 0.2) is 12.2 Å². The Balaban J connectivity index is 3.49. The number of ether oxygens (including phenoxy) is 3. The van der Waals surface area contributed by atoms with Gasteiger partial charge in [0.2, 0.25) is 0 Å². The first-order valence-corrected chi connectivity index (χ1v) is 8.15. The van der Waals surface area contributed by atoms with Gasteiger partial charge in [-0.25, -0.2) is 0 Å². The maximum Gasteiger partial charge on any atom is 0.313 e. The lowest BCUT2D eigenvalue weighted by molar-refractivity contribution is -0.145. The Kier molecular flexibility index (Phi) is 13.9. The summed E-state index contributed by atoms with van der Waals surface area (Å²) in [5, 5.41) is 0. The van der Waals surface area contributed by atoms with Crippen LogP contribution >= 0.6 is 0 Å². The average Bonchev–Trinajstić information content (AvgIpc) is 2.45. The van der Waals surface area contributed by atoms with Crippen molar-refractivity contribution in [3.05, 3.63) is 12.2 Å². The standard InChI is InChI=1S/C17H30O5/c1-4-20-17(21-5-2)12-10-8-6-7-9-11-13-22-16(19)14-15(3)18/h10,12,17H,4-9,11,13-14H2,1-3H3/b12-10-. The molecule has 0 rings (SSSR count). The van der Waals surface area contributed by atoms with Gasteiger partial charge in [0, 0.05) is 13.2 Å². The van der Waals surface area contributed by atoms with E-state index in [9.17, 15) is 9.59 Å². The fourth-order valence-electron chi connectivity index (χ4n) is 1.85. The van der Waals surface area contributed by atoms with Gasteiger partial charge in [0.05, 0.1) is 6.61 Å². The summed E-state index contributed by atoms with van der Waals surface area (Å²) in [5.74, 6) is -0.581. The van der Waals surface area contributed by atoms with Crippen LogP contribution in [0.3, 0.4) is 0 Å². The molecule has 0 spiro atoms. The third kappa shape index (κ3) is 13.8. The molecule has 0 aliphatic carbocycles. The zero-order valence-corrected chi connectivity index (χ0v) is 14.1. The molecule has 0 radical (unpaired) electrons. The second-order valence-corrected chi connectivity index (χ2v) is 5.01. The van der Waals surface area contributed by atoms with Gasteiger partial charge in [-0.05, 0) is 46.1 Å². The molecule has 0 unspecified atom stereocenters. The average molecular weight is 314 g/mol. The zero-order chi connectivity index (χ0) is 16.6. The number of esters is 1. The number of carbonyl (C=O) groups is 2. The second-order valence-electron chi connectivity index (χ2n) is 5.01. The summed E-state index contributed by atoms with van der Waals surface area (Å²) in [6.07, 6.45) is 8.70. The smallest absolute Gasteiger partial charge is 0.313 e. The lowest BCUT2D eigenvalue weighted by Gasteiger charge is -2.12. The van der Waals surface area contributed by atoms with Gasteiger partial charge in [-0.3, -0.25) is 9.59 Å². The van der Waals surface area contributed by atoms with Crippen molar-refractivity contribution in [3.8, 4) is 0 Å². The number of unbranched alkanes of at least 4 members (excludes halogenated alkanes) is 4. The highest BCUT2D eigenvalue weighted by molar-refractivity contribution is 5.94. The lowest BCUT2D eigenvalue weighted by atomic mass is 10.1. The third-order valence-corrected chi connectivity index (χ3v) is 2.88. The predicted octanol–water partition coefficient (Wildman–Crippen LogP) is 3.41. The van der Waals surface area contributed by atoms with Crippen molar-refractivity contribution < 1.29 is 23.8 Å². The molecule has 0 bridgehead atoms. The van der Waals surface area contributed by atoms with Crippen LogP contribution in [-0.4, -0.2) is 37.9 Å². The number of allylic oxidation sites excluding steroid dienone is 1. The number of hydrogen-bond acceptors (Lipinski definition) is 5. The van der Waals surface area contributed by atoms with Gasteiger partial charge in [0.25, 0.3) is 0 Å². The monoisotopic (exact) mass is 314 g/mol. The van der Waals surface area contributed by atoms with E-state index in [0.717, 1.165) is 32.1 Å². The van der Waals surface area contributed by atoms with E-state index >= 15 is 0 Å². The van der Waals surface area contributed by atoms with Crippen LogP contribution in [0, 0.1) is 0 Å². The normalized spacial score (nSPS) is 11.3. The highest BCUT2D eigenvalue weighted by Gasteiger charge is 2.05. The number of ketones is 1. The summed E-state index contributed by atoms with van der Waals surface area (Å²) in [4.78, 5) is 21.8. The molecule has 22 heavy (non-hydrogen) atoms. The van der Waals surface area contributed by atoms with E-state index in [-0.39, 0.29) is 18.5 Å². The molecule has 5 nitrogen and oxygen atoms in total. The molecule has 0 aliphatic rings. The Morgan fingerprint density at radius 3 is 2.23 bits per heavy atom. The van der Waals surface area contributed by atoms with Gasteiger partial charge >= 0.3 is 5.97 Å². The van der Waals surface area contributed by atoms with Gasteiger partial charge in [0.15, 0.2) is 6.29 Å². The zero-order valence-electron chi connectivity index (χ0n) is 14.1. The first kappa shape index (κ1) is 20.8. The number of carbonyl (C=O) groups excluding carboxylic acids is 2. The van der Waals surface area contributed by atoms with E-state index in [1.54, 1.807) is 0 Å². The van der Waals surface area contributed by atoms with Crippen molar-refractivity contribution in [3.63, 3.8) is 0 Å². The molecular weight excluding hydrogens is 284 g/mol. The summed E-state index contributed by atoms with van der Waals surface area (Å²) in [6, 6.07) is 0. The molecule has 0 fully saturated rings. The summed E-state index contributed by atoms with van der Waals surface area (Å²) in [5.41, 5.74) is 0. The molecule has 0 N–H and O–H groups in total. The van der Waals surface area contributed by atoms with Crippen LogP contribution < -0.4 is 0 Å². The van der Waals surface area contributed by atoms with Crippen LogP contribution in [0.25, 0.3) is 0 Å². The maximum atomic E-state index is 11.1. The van der Waals surface area contributed by atoms with Crippen molar-refractivity contribution in [2.24, 2.45) is 0 Å². The number of hydrogen-bond donors (Lipinski definition) is 0. The van der Waals surface area contributed by atoms with Crippen LogP contribution in [-0.2, 0) is 23.8 Å². The quantitative estimate of drug-likeness (QED) is 0.162.